The van der Waals surface area contributed by atoms with Gasteiger partial charge in [-0.3, -0.25) is 14.5 Å². The molecule has 0 saturated carbocycles. The van der Waals surface area contributed by atoms with Crippen LogP contribution in [0.5, 0.6) is 11.5 Å². The number of amides is 2. The molecule has 30 heavy (non-hydrogen) atoms. The van der Waals surface area contributed by atoms with Gasteiger partial charge in [0.25, 0.3) is 11.8 Å². The summed E-state index contributed by atoms with van der Waals surface area (Å²) < 4.78 is 15.8. The largest absolute Gasteiger partial charge is 0.493 e. The molecule has 0 fully saturated rings. The highest BCUT2D eigenvalue weighted by atomic mass is 32.2. The molecule has 1 heterocycles. The number of hydrogen-bond donors (Lipinski definition) is 0. The average molecular weight is 428 g/mol. The molecule has 2 aromatic rings. The molecule has 0 aromatic heterocycles. The quantitative estimate of drug-likeness (QED) is 0.425. The highest BCUT2D eigenvalue weighted by Crippen LogP contribution is 2.40. The number of nitrogens with zero attached hydrogens (tertiary/aromatic N) is 1. The van der Waals surface area contributed by atoms with Crippen LogP contribution in [0, 0.1) is 0 Å². The van der Waals surface area contributed by atoms with Crippen LogP contribution in [0.3, 0.4) is 0 Å². The normalized spacial score (nSPS) is 13.9. The number of hydrogen-bond acceptors (Lipinski definition) is 6. The summed E-state index contributed by atoms with van der Waals surface area (Å²) in [5, 5.41) is 0. The molecule has 6 nitrogen and oxygen atoms in total. The predicted octanol–water partition coefficient (Wildman–Crippen LogP) is 3.75. The minimum Gasteiger partial charge on any atom is -0.493 e. The van der Waals surface area contributed by atoms with Crippen LogP contribution < -0.4 is 9.47 Å². The van der Waals surface area contributed by atoms with Gasteiger partial charge >= 0.3 is 0 Å². The lowest BCUT2D eigenvalue weighted by molar-refractivity contribution is -0.136. The van der Waals surface area contributed by atoms with E-state index in [-0.39, 0.29) is 11.8 Å². The summed E-state index contributed by atoms with van der Waals surface area (Å²) in [5.41, 5.74) is 2.12. The molecule has 0 atom stereocenters. The first kappa shape index (κ1) is 21.9. The molecule has 3 rings (SSSR count). The maximum Gasteiger partial charge on any atom is 0.267 e. The molecule has 2 amide bonds. The topological polar surface area (TPSA) is 65.1 Å². The molecule has 158 valence electrons. The van der Waals surface area contributed by atoms with Crippen LogP contribution in [0.1, 0.15) is 17.5 Å². The third-order valence-electron chi connectivity index (χ3n) is 4.75. The van der Waals surface area contributed by atoms with Crippen molar-refractivity contribution in [1.82, 2.24) is 4.90 Å². The Morgan fingerprint density at radius 1 is 0.900 bits per heavy atom. The summed E-state index contributed by atoms with van der Waals surface area (Å²) in [6, 6.07) is 15.1. The smallest absolute Gasteiger partial charge is 0.267 e. The number of thioether (sulfide) groups is 1. The second-order valence-electron chi connectivity index (χ2n) is 6.66. The van der Waals surface area contributed by atoms with E-state index in [1.807, 2.05) is 30.3 Å². The molecule has 0 bridgehead atoms. The zero-order valence-electron chi connectivity index (χ0n) is 17.3. The first-order valence-corrected chi connectivity index (χ1v) is 10.6. The van der Waals surface area contributed by atoms with Crippen molar-refractivity contribution in [2.24, 2.45) is 0 Å². The molecule has 0 spiro atoms. The van der Waals surface area contributed by atoms with E-state index in [1.165, 1.54) is 16.7 Å². The third kappa shape index (κ3) is 4.68. The summed E-state index contributed by atoms with van der Waals surface area (Å²) in [6.07, 6.45) is 0.587. The molecule has 0 unspecified atom stereocenters. The molecular weight excluding hydrogens is 402 g/mol. The van der Waals surface area contributed by atoms with Crippen molar-refractivity contribution in [3.05, 3.63) is 64.6 Å². The molecule has 1 aliphatic rings. The fraction of sp³-hybridized carbons (Fsp3) is 0.304. The summed E-state index contributed by atoms with van der Waals surface area (Å²) in [4.78, 5) is 28.1. The summed E-state index contributed by atoms with van der Waals surface area (Å²) in [7, 11) is 4.70. The van der Waals surface area contributed by atoms with Crippen LogP contribution in [0.15, 0.2) is 53.4 Å². The van der Waals surface area contributed by atoms with Crippen LogP contribution in [-0.2, 0) is 20.1 Å². The van der Waals surface area contributed by atoms with Gasteiger partial charge in [-0.15, -0.1) is 11.8 Å². The van der Waals surface area contributed by atoms with Crippen molar-refractivity contribution in [3.63, 3.8) is 0 Å². The fourth-order valence-electron chi connectivity index (χ4n) is 3.23. The SMILES string of the molecule is COCCCN1C(=O)C(SCc2ccccc2)=C(c2ccc(OC)c(OC)c2)C1=O. The van der Waals surface area contributed by atoms with Gasteiger partial charge in [0.2, 0.25) is 0 Å². The van der Waals surface area contributed by atoms with E-state index in [9.17, 15) is 9.59 Å². The minimum absolute atomic E-state index is 0.262. The van der Waals surface area contributed by atoms with Gasteiger partial charge in [0.15, 0.2) is 11.5 Å². The van der Waals surface area contributed by atoms with Crippen molar-refractivity contribution < 1.29 is 23.8 Å². The number of methoxy groups -OCH3 is 3. The van der Waals surface area contributed by atoms with Crippen molar-refractivity contribution in [1.29, 1.82) is 0 Å². The molecule has 0 aliphatic carbocycles. The molecule has 2 aromatic carbocycles. The average Bonchev–Trinajstić information content (AvgIpc) is 3.02. The van der Waals surface area contributed by atoms with E-state index in [2.05, 4.69) is 0 Å². The number of rotatable bonds is 10. The zero-order chi connectivity index (χ0) is 21.5. The summed E-state index contributed by atoms with van der Waals surface area (Å²) in [6.45, 7) is 0.799. The van der Waals surface area contributed by atoms with Crippen molar-refractivity contribution >= 4 is 29.1 Å². The van der Waals surface area contributed by atoms with Crippen molar-refractivity contribution in [3.8, 4) is 11.5 Å². The number of carbonyl (C=O) groups excluding carboxylic acids is 2. The Kier molecular flexibility index (Phi) is 7.54. The third-order valence-corrected chi connectivity index (χ3v) is 5.90. The van der Waals surface area contributed by atoms with Crippen LogP contribution in [0.2, 0.25) is 0 Å². The van der Waals surface area contributed by atoms with Crippen molar-refractivity contribution in [2.45, 2.75) is 12.2 Å². The molecular formula is C23H25NO5S. The first-order valence-electron chi connectivity index (χ1n) is 9.59. The van der Waals surface area contributed by atoms with Gasteiger partial charge in [0.05, 0.1) is 24.7 Å². The molecule has 0 saturated heterocycles. The Morgan fingerprint density at radius 3 is 2.30 bits per heavy atom. The fourth-order valence-corrected chi connectivity index (χ4v) is 4.32. The lowest BCUT2D eigenvalue weighted by atomic mass is 10.1. The van der Waals surface area contributed by atoms with Gasteiger partial charge in [-0.1, -0.05) is 36.4 Å². The lowest BCUT2D eigenvalue weighted by Gasteiger charge is -2.15. The van der Waals surface area contributed by atoms with E-state index in [0.717, 1.165) is 5.56 Å². The summed E-state index contributed by atoms with van der Waals surface area (Å²) in [5.74, 6) is 1.11. The predicted molar refractivity (Wildman–Crippen MR) is 117 cm³/mol. The highest BCUT2D eigenvalue weighted by molar-refractivity contribution is 8.03. The minimum atomic E-state index is -0.293. The van der Waals surface area contributed by atoms with Gasteiger partial charge in [-0.05, 0) is 29.7 Å². The van der Waals surface area contributed by atoms with Gasteiger partial charge in [0.1, 0.15) is 0 Å². The number of carbonyl (C=O) groups is 2. The van der Waals surface area contributed by atoms with Crippen LogP contribution >= 0.6 is 11.8 Å². The van der Waals surface area contributed by atoms with Gasteiger partial charge < -0.3 is 14.2 Å². The molecule has 0 radical (unpaired) electrons. The van der Waals surface area contributed by atoms with E-state index < -0.39 is 0 Å². The highest BCUT2D eigenvalue weighted by Gasteiger charge is 2.39. The number of benzene rings is 2. The Bertz CT molecular complexity index is 942. The first-order chi connectivity index (χ1) is 14.6. The lowest BCUT2D eigenvalue weighted by Crippen LogP contribution is -2.33. The van der Waals surface area contributed by atoms with Gasteiger partial charge in [-0.25, -0.2) is 0 Å². The van der Waals surface area contributed by atoms with Crippen molar-refractivity contribution in [2.75, 3.05) is 34.5 Å². The Balaban J connectivity index is 1.96. The maximum absolute atomic E-state index is 13.2. The van der Waals surface area contributed by atoms with Crippen LogP contribution in [-0.4, -0.2) is 51.2 Å². The Labute approximate surface area is 180 Å². The van der Waals surface area contributed by atoms with E-state index >= 15 is 0 Å². The van der Waals surface area contributed by atoms with Gasteiger partial charge in [-0.2, -0.15) is 0 Å². The molecule has 0 N–H and O–H groups in total. The summed E-state index contributed by atoms with van der Waals surface area (Å²) >= 11 is 1.38. The zero-order valence-corrected chi connectivity index (χ0v) is 18.2. The monoisotopic (exact) mass is 427 g/mol. The standard InChI is InChI=1S/C23H25NO5S/c1-27-13-7-12-24-22(25)20(17-10-11-18(28-2)19(14-17)29-3)21(23(24)26)30-15-16-8-5-4-6-9-16/h4-6,8-11,14H,7,12-13,15H2,1-3H3. The second-order valence-corrected chi connectivity index (χ2v) is 7.64. The number of ether oxygens (including phenoxy) is 3. The Morgan fingerprint density at radius 2 is 1.63 bits per heavy atom. The number of imide groups is 1. The van der Waals surface area contributed by atoms with E-state index in [0.29, 0.717) is 52.9 Å². The Hall–Kier alpha value is -2.77. The second kappa shape index (κ2) is 10.3. The van der Waals surface area contributed by atoms with E-state index in [1.54, 1.807) is 39.5 Å². The van der Waals surface area contributed by atoms with E-state index in [4.69, 9.17) is 14.2 Å². The van der Waals surface area contributed by atoms with Gasteiger partial charge in [0, 0.05) is 26.0 Å². The molecule has 7 heteroatoms. The van der Waals surface area contributed by atoms with Crippen LogP contribution in [0.25, 0.3) is 5.57 Å². The molecule has 1 aliphatic heterocycles. The van der Waals surface area contributed by atoms with Crippen LogP contribution in [0.4, 0.5) is 0 Å². The maximum atomic E-state index is 13.2.